The Kier molecular flexibility index (Phi) is 6.77. The van der Waals surface area contributed by atoms with Gasteiger partial charge in [-0.05, 0) is 74.5 Å². The molecule has 11 rings (SSSR count). The van der Waals surface area contributed by atoms with Crippen LogP contribution in [0.1, 0.15) is 22.3 Å². The van der Waals surface area contributed by atoms with Crippen molar-refractivity contribution < 1.29 is 4.42 Å². The Bertz CT molecular complexity index is 3010. The van der Waals surface area contributed by atoms with Crippen molar-refractivity contribution in [2.24, 2.45) is 0 Å². The summed E-state index contributed by atoms with van der Waals surface area (Å²) in [5.41, 5.74) is 13.2. The second kappa shape index (κ2) is 12.0. The molecule has 54 heavy (non-hydrogen) atoms. The Balaban J connectivity index is 1.18. The lowest BCUT2D eigenvalue weighted by Gasteiger charge is -2.34. The highest BCUT2D eigenvalue weighted by Crippen LogP contribution is 2.56. The van der Waals surface area contributed by atoms with Crippen LogP contribution in [0.25, 0.3) is 77.7 Å². The molecule has 0 saturated carbocycles. The first-order chi connectivity index (χ1) is 26.8. The second-order valence-electron chi connectivity index (χ2n) is 14.1. The van der Waals surface area contributed by atoms with Crippen LogP contribution in [0.5, 0.6) is 0 Å². The Labute approximate surface area is 312 Å². The van der Waals surface area contributed by atoms with Crippen LogP contribution in [0.4, 0.5) is 0 Å². The molecular formula is C51H32N2O. The Morgan fingerprint density at radius 3 is 1.85 bits per heavy atom. The molecule has 1 aliphatic rings. The van der Waals surface area contributed by atoms with Gasteiger partial charge in [0, 0.05) is 27.5 Å². The zero-order chi connectivity index (χ0) is 35.6. The number of benzene rings is 8. The Hall–Kier alpha value is -7.10. The summed E-state index contributed by atoms with van der Waals surface area (Å²) < 4.78 is 6.55. The molecule has 0 radical (unpaired) electrons. The number of rotatable bonds is 5. The molecule has 10 aromatic rings. The van der Waals surface area contributed by atoms with Crippen LogP contribution in [0.2, 0.25) is 0 Å². The van der Waals surface area contributed by atoms with E-state index in [9.17, 15) is 0 Å². The summed E-state index contributed by atoms with van der Waals surface area (Å²) in [6.45, 7) is 0. The number of hydrogen-bond donors (Lipinski definition) is 0. The molecule has 0 atom stereocenters. The maximum Gasteiger partial charge on any atom is 0.160 e. The maximum absolute atomic E-state index is 6.55. The smallest absolute Gasteiger partial charge is 0.160 e. The van der Waals surface area contributed by atoms with Gasteiger partial charge in [0.1, 0.15) is 11.2 Å². The summed E-state index contributed by atoms with van der Waals surface area (Å²) in [5, 5.41) is 4.49. The van der Waals surface area contributed by atoms with Crippen molar-refractivity contribution in [1.29, 1.82) is 0 Å². The Morgan fingerprint density at radius 1 is 0.389 bits per heavy atom. The number of para-hydroxylation sites is 2. The summed E-state index contributed by atoms with van der Waals surface area (Å²) in [5.74, 6) is 0.669. The van der Waals surface area contributed by atoms with Crippen molar-refractivity contribution in [2.75, 3.05) is 0 Å². The van der Waals surface area contributed by atoms with Crippen LogP contribution in [0, 0.1) is 0 Å². The van der Waals surface area contributed by atoms with Crippen LogP contribution < -0.4 is 0 Å². The van der Waals surface area contributed by atoms with E-state index in [1.54, 1.807) is 0 Å². The molecule has 0 saturated heterocycles. The number of nitrogens with zero attached hydrogens (tertiary/aromatic N) is 2. The van der Waals surface area contributed by atoms with Crippen molar-refractivity contribution in [2.45, 2.75) is 5.41 Å². The third-order valence-electron chi connectivity index (χ3n) is 11.2. The lowest BCUT2D eigenvalue weighted by Crippen LogP contribution is -2.28. The minimum absolute atomic E-state index is 0.513. The molecule has 0 unspecified atom stereocenters. The highest BCUT2D eigenvalue weighted by atomic mass is 16.3. The van der Waals surface area contributed by atoms with Crippen molar-refractivity contribution in [3.63, 3.8) is 0 Å². The van der Waals surface area contributed by atoms with Gasteiger partial charge in [-0.15, -0.1) is 0 Å². The minimum atomic E-state index is -0.513. The van der Waals surface area contributed by atoms with Crippen molar-refractivity contribution in [1.82, 2.24) is 9.97 Å². The van der Waals surface area contributed by atoms with Crippen molar-refractivity contribution >= 4 is 32.7 Å². The van der Waals surface area contributed by atoms with Gasteiger partial charge in [-0.2, -0.15) is 0 Å². The zero-order valence-electron chi connectivity index (χ0n) is 29.3. The van der Waals surface area contributed by atoms with Crippen LogP contribution in [0.3, 0.4) is 0 Å². The highest BCUT2D eigenvalue weighted by molar-refractivity contribution is 6.09. The van der Waals surface area contributed by atoms with E-state index in [1.807, 2.05) is 12.1 Å². The normalized spacial score (nSPS) is 13.0. The largest absolute Gasteiger partial charge is 0.455 e. The first-order valence-corrected chi connectivity index (χ1v) is 18.4. The molecule has 2 heterocycles. The number of aromatic nitrogens is 2. The Morgan fingerprint density at radius 2 is 1.02 bits per heavy atom. The molecule has 3 nitrogen and oxygen atoms in total. The van der Waals surface area contributed by atoms with E-state index in [-0.39, 0.29) is 0 Å². The van der Waals surface area contributed by atoms with E-state index in [1.165, 1.54) is 38.8 Å². The van der Waals surface area contributed by atoms with E-state index >= 15 is 0 Å². The third-order valence-corrected chi connectivity index (χ3v) is 11.2. The highest BCUT2D eigenvalue weighted by Gasteiger charge is 2.46. The van der Waals surface area contributed by atoms with Crippen molar-refractivity contribution in [3.05, 3.63) is 216 Å². The quantitative estimate of drug-likeness (QED) is 0.181. The van der Waals surface area contributed by atoms with Crippen LogP contribution in [0.15, 0.2) is 199 Å². The van der Waals surface area contributed by atoms with Gasteiger partial charge in [-0.3, -0.25) is 0 Å². The van der Waals surface area contributed by atoms with Gasteiger partial charge >= 0.3 is 0 Å². The summed E-state index contributed by atoms with van der Waals surface area (Å²) >= 11 is 0. The summed E-state index contributed by atoms with van der Waals surface area (Å²) in [4.78, 5) is 10.6. The molecule has 1 aliphatic carbocycles. The van der Waals surface area contributed by atoms with Gasteiger partial charge < -0.3 is 4.42 Å². The predicted molar refractivity (Wildman–Crippen MR) is 220 cm³/mol. The summed E-state index contributed by atoms with van der Waals surface area (Å²) in [6.07, 6.45) is 0. The summed E-state index contributed by atoms with van der Waals surface area (Å²) in [7, 11) is 0. The van der Waals surface area contributed by atoms with Gasteiger partial charge in [-0.25, -0.2) is 9.97 Å². The van der Waals surface area contributed by atoms with E-state index in [0.717, 1.165) is 55.4 Å². The first-order valence-electron chi connectivity index (χ1n) is 18.4. The lowest BCUT2D eigenvalue weighted by atomic mass is 9.67. The SMILES string of the molecule is c1ccc(C2(c3ccccc3)c3ccccc3-c3ccc(-c4cc(-c5cccc6c5oc5ccccc56)nc(-c5ccc6ccccc6c5)n4)cc32)cc1. The van der Waals surface area contributed by atoms with E-state index in [0.29, 0.717) is 5.82 Å². The van der Waals surface area contributed by atoms with Crippen LogP contribution in [-0.4, -0.2) is 9.97 Å². The molecule has 252 valence electrons. The third kappa shape index (κ3) is 4.55. The minimum Gasteiger partial charge on any atom is -0.455 e. The fourth-order valence-corrected chi connectivity index (χ4v) is 8.74. The van der Waals surface area contributed by atoms with Gasteiger partial charge in [0.05, 0.1) is 16.8 Å². The molecule has 0 aliphatic heterocycles. The summed E-state index contributed by atoms with van der Waals surface area (Å²) in [6, 6.07) is 69.2. The average molecular weight is 689 g/mol. The standard InChI is InChI=1S/C51H32N2O/c1-3-16-37(17-4-1)51(38-18-5-2-6-19-38)44-24-11-9-20-39(44)40-29-28-35(31-45(40)51)46-32-47(43-23-13-22-42-41-21-10-12-25-48(41)54-49(42)43)53-50(52-46)36-27-26-33-14-7-8-15-34(33)30-36/h1-32H. The number of hydrogen-bond acceptors (Lipinski definition) is 3. The number of fused-ring (bicyclic) bond motifs is 7. The van der Waals surface area contributed by atoms with Gasteiger partial charge in [0.2, 0.25) is 0 Å². The molecule has 0 fully saturated rings. The molecule has 8 aromatic carbocycles. The molecule has 2 aromatic heterocycles. The molecule has 0 bridgehead atoms. The van der Waals surface area contributed by atoms with E-state index in [4.69, 9.17) is 14.4 Å². The molecule has 0 spiro atoms. The van der Waals surface area contributed by atoms with Gasteiger partial charge in [-0.1, -0.05) is 164 Å². The lowest BCUT2D eigenvalue weighted by molar-refractivity contribution is 0.670. The van der Waals surface area contributed by atoms with Crippen molar-refractivity contribution in [3.8, 4) is 45.0 Å². The van der Waals surface area contributed by atoms with E-state index in [2.05, 4.69) is 182 Å². The first kappa shape index (κ1) is 30.5. The fraction of sp³-hybridized carbons (Fsp3) is 0.0196. The number of furan rings is 1. The maximum atomic E-state index is 6.55. The molecule has 0 N–H and O–H groups in total. The topological polar surface area (TPSA) is 38.9 Å². The van der Waals surface area contributed by atoms with E-state index < -0.39 is 5.41 Å². The van der Waals surface area contributed by atoms with Gasteiger partial charge in [0.25, 0.3) is 0 Å². The van der Waals surface area contributed by atoms with Gasteiger partial charge in [0.15, 0.2) is 5.82 Å². The monoisotopic (exact) mass is 688 g/mol. The molecular weight excluding hydrogens is 657 g/mol. The molecule has 0 amide bonds. The predicted octanol–water partition coefficient (Wildman–Crippen LogP) is 12.9. The van der Waals surface area contributed by atoms with Crippen LogP contribution >= 0.6 is 0 Å². The fourth-order valence-electron chi connectivity index (χ4n) is 8.74. The average Bonchev–Trinajstić information content (AvgIpc) is 3.78. The zero-order valence-corrected chi connectivity index (χ0v) is 29.3. The molecule has 3 heteroatoms. The van der Waals surface area contributed by atoms with Crippen LogP contribution in [-0.2, 0) is 5.41 Å². The second-order valence-corrected chi connectivity index (χ2v) is 14.1.